The highest BCUT2D eigenvalue weighted by Gasteiger charge is 2.17. The molecule has 26 heavy (non-hydrogen) atoms. The fourth-order valence-electron chi connectivity index (χ4n) is 2.18. The lowest BCUT2D eigenvalue weighted by atomic mass is 10.3. The lowest BCUT2D eigenvalue weighted by Gasteiger charge is -2.12. The summed E-state index contributed by atoms with van der Waals surface area (Å²) in [6, 6.07) is 13.5. The minimum Gasteiger partial charge on any atom is -0.431 e. The van der Waals surface area contributed by atoms with Crippen LogP contribution in [0.5, 0.6) is 0 Å². The topological polar surface area (TPSA) is 92.5 Å². The van der Waals surface area contributed by atoms with E-state index in [1.54, 1.807) is 12.1 Å². The SMILES string of the molecule is CN(C)S(=O)(=O)c1cccc(NC(=O)CSc2nc3ccccc3o2)c1. The number of oxazole rings is 1. The summed E-state index contributed by atoms with van der Waals surface area (Å²) in [4.78, 5) is 16.5. The zero-order valence-corrected chi connectivity index (χ0v) is 15.8. The molecular weight excluding hydrogens is 374 g/mol. The predicted molar refractivity (Wildman–Crippen MR) is 101 cm³/mol. The number of carbonyl (C=O) groups is 1. The second-order valence-electron chi connectivity index (χ2n) is 5.60. The second kappa shape index (κ2) is 7.48. The van der Waals surface area contributed by atoms with Crippen LogP contribution in [-0.4, -0.2) is 43.5 Å². The van der Waals surface area contributed by atoms with Crippen molar-refractivity contribution in [2.24, 2.45) is 0 Å². The van der Waals surface area contributed by atoms with Crippen molar-refractivity contribution in [2.45, 2.75) is 10.1 Å². The Morgan fingerprint density at radius 2 is 1.96 bits per heavy atom. The van der Waals surface area contributed by atoms with E-state index >= 15 is 0 Å². The first kappa shape index (κ1) is 18.4. The van der Waals surface area contributed by atoms with Gasteiger partial charge >= 0.3 is 0 Å². The minimum absolute atomic E-state index is 0.0947. The Hall–Kier alpha value is -2.36. The summed E-state index contributed by atoms with van der Waals surface area (Å²) in [5.41, 5.74) is 1.81. The molecule has 136 valence electrons. The molecule has 0 atom stereocenters. The maximum Gasteiger partial charge on any atom is 0.257 e. The minimum atomic E-state index is -3.55. The van der Waals surface area contributed by atoms with E-state index in [4.69, 9.17) is 4.42 Å². The molecule has 1 aromatic heterocycles. The van der Waals surface area contributed by atoms with E-state index in [1.165, 1.54) is 38.0 Å². The van der Waals surface area contributed by atoms with Gasteiger partial charge in [-0.2, -0.15) is 0 Å². The maximum absolute atomic E-state index is 12.2. The van der Waals surface area contributed by atoms with E-state index in [-0.39, 0.29) is 16.6 Å². The molecule has 1 heterocycles. The second-order valence-corrected chi connectivity index (χ2v) is 8.68. The molecule has 0 saturated carbocycles. The van der Waals surface area contributed by atoms with Crippen molar-refractivity contribution in [2.75, 3.05) is 25.2 Å². The Bertz CT molecular complexity index is 1010. The summed E-state index contributed by atoms with van der Waals surface area (Å²) < 4.78 is 31.0. The molecule has 0 aliphatic rings. The lowest BCUT2D eigenvalue weighted by molar-refractivity contribution is -0.113. The number of thioether (sulfide) groups is 1. The molecule has 0 radical (unpaired) electrons. The number of hydrogen-bond acceptors (Lipinski definition) is 6. The number of para-hydroxylation sites is 2. The smallest absolute Gasteiger partial charge is 0.257 e. The number of fused-ring (bicyclic) bond motifs is 1. The zero-order valence-electron chi connectivity index (χ0n) is 14.2. The van der Waals surface area contributed by atoms with Crippen molar-refractivity contribution < 1.29 is 17.6 Å². The first-order valence-electron chi connectivity index (χ1n) is 7.67. The average Bonchev–Trinajstić information content (AvgIpc) is 3.03. The van der Waals surface area contributed by atoms with Crippen molar-refractivity contribution in [1.82, 2.24) is 9.29 Å². The molecule has 1 amide bonds. The summed E-state index contributed by atoms with van der Waals surface area (Å²) in [6.45, 7) is 0. The van der Waals surface area contributed by atoms with Crippen LogP contribution < -0.4 is 5.32 Å². The van der Waals surface area contributed by atoms with Crippen molar-refractivity contribution in [3.8, 4) is 0 Å². The molecule has 0 unspecified atom stereocenters. The predicted octanol–water partition coefficient (Wildman–Crippen LogP) is 2.81. The Morgan fingerprint density at radius 1 is 1.19 bits per heavy atom. The van der Waals surface area contributed by atoms with Crippen LogP contribution in [0, 0.1) is 0 Å². The van der Waals surface area contributed by atoms with Gasteiger partial charge in [-0.1, -0.05) is 30.0 Å². The molecule has 0 saturated heterocycles. The van der Waals surface area contributed by atoms with Gasteiger partial charge in [-0.25, -0.2) is 17.7 Å². The third-order valence-electron chi connectivity index (χ3n) is 3.50. The largest absolute Gasteiger partial charge is 0.431 e. The Kier molecular flexibility index (Phi) is 5.30. The van der Waals surface area contributed by atoms with Gasteiger partial charge < -0.3 is 9.73 Å². The van der Waals surface area contributed by atoms with Crippen LogP contribution in [0.1, 0.15) is 0 Å². The Morgan fingerprint density at radius 3 is 2.69 bits per heavy atom. The van der Waals surface area contributed by atoms with Gasteiger partial charge in [-0.15, -0.1) is 0 Å². The average molecular weight is 391 g/mol. The number of rotatable bonds is 6. The van der Waals surface area contributed by atoms with E-state index in [0.717, 1.165) is 9.82 Å². The molecule has 0 fully saturated rings. The number of nitrogens with zero attached hydrogens (tertiary/aromatic N) is 2. The van der Waals surface area contributed by atoms with Gasteiger partial charge in [0, 0.05) is 19.8 Å². The third kappa shape index (κ3) is 4.06. The highest BCUT2D eigenvalue weighted by Crippen LogP contribution is 2.23. The van der Waals surface area contributed by atoms with E-state index in [0.29, 0.717) is 16.5 Å². The van der Waals surface area contributed by atoms with Crippen molar-refractivity contribution >= 4 is 44.5 Å². The van der Waals surface area contributed by atoms with Crippen LogP contribution in [0.3, 0.4) is 0 Å². The van der Waals surface area contributed by atoms with Crippen LogP contribution in [0.25, 0.3) is 11.1 Å². The van der Waals surface area contributed by atoms with Crippen molar-refractivity contribution in [3.63, 3.8) is 0 Å². The van der Waals surface area contributed by atoms with Gasteiger partial charge in [-0.3, -0.25) is 4.79 Å². The van der Waals surface area contributed by atoms with Gasteiger partial charge in [0.2, 0.25) is 15.9 Å². The number of aromatic nitrogens is 1. The van der Waals surface area contributed by atoms with Gasteiger partial charge in [0.15, 0.2) is 5.58 Å². The standard InChI is InChI=1S/C17H17N3O4S2/c1-20(2)26(22,23)13-7-5-6-12(10-13)18-16(21)11-25-17-19-14-8-3-4-9-15(14)24-17/h3-10H,11H2,1-2H3,(H,18,21). The first-order chi connectivity index (χ1) is 12.4. The molecule has 1 N–H and O–H groups in total. The number of amides is 1. The zero-order chi connectivity index (χ0) is 18.7. The number of benzene rings is 2. The van der Waals surface area contributed by atoms with Crippen LogP contribution in [0.4, 0.5) is 5.69 Å². The van der Waals surface area contributed by atoms with Gasteiger partial charge in [0.1, 0.15) is 5.52 Å². The fourth-order valence-corrected chi connectivity index (χ4v) is 3.77. The first-order valence-corrected chi connectivity index (χ1v) is 10.1. The van der Waals surface area contributed by atoms with E-state index in [2.05, 4.69) is 10.3 Å². The molecule has 7 nitrogen and oxygen atoms in total. The molecule has 0 spiro atoms. The number of hydrogen-bond donors (Lipinski definition) is 1. The fraction of sp³-hybridized carbons (Fsp3) is 0.176. The monoisotopic (exact) mass is 391 g/mol. The molecule has 3 aromatic rings. The lowest BCUT2D eigenvalue weighted by Crippen LogP contribution is -2.22. The molecule has 9 heteroatoms. The number of carbonyl (C=O) groups excluding carboxylic acids is 1. The van der Waals surface area contributed by atoms with Crippen molar-refractivity contribution in [3.05, 3.63) is 48.5 Å². The Balaban J connectivity index is 1.65. The molecule has 2 aromatic carbocycles. The Labute approximate surface area is 155 Å². The molecule has 3 rings (SSSR count). The summed E-state index contributed by atoms with van der Waals surface area (Å²) >= 11 is 1.17. The highest BCUT2D eigenvalue weighted by molar-refractivity contribution is 7.99. The summed E-state index contributed by atoms with van der Waals surface area (Å²) in [5, 5.41) is 3.09. The summed E-state index contributed by atoms with van der Waals surface area (Å²) in [7, 11) is -0.642. The molecule has 0 aliphatic heterocycles. The summed E-state index contributed by atoms with van der Waals surface area (Å²) in [6.07, 6.45) is 0. The quantitative estimate of drug-likeness (QED) is 0.650. The maximum atomic E-state index is 12.2. The van der Waals surface area contributed by atoms with E-state index < -0.39 is 10.0 Å². The van der Waals surface area contributed by atoms with Gasteiger partial charge in [0.05, 0.1) is 10.6 Å². The third-order valence-corrected chi connectivity index (χ3v) is 6.14. The van der Waals surface area contributed by atoms with E-state index in [1.807, 2.05) is 24.3 Å². The molecule has 0 bridgehead atoms. The van der Waals surface area contributed by atoms with Gasteiger partial charge in [0.25, 0.3) is 5.22 Å². The van der Waals surface area contributed by atoms with Crippen LogP contribution in [0.2, 0.25) is 0 Å². The number of nitrogens with one attached hydrogen (secondary N) is 1. The van der Waals surface area contributed by atoms with E-state index in [9.17, 15) is 13.2 Å². The normalized spacial score (nSPS) is 11.8. The molecular formula is C17H17N3O4S2. The van der Waals surface area contributed by atoms with Crippen LogP contribution >= 0.6 is 11.8 Å². The van der Waals surface area contributed by atoms with Gasteiger partial charge in [-0.05, 0) is 30.3 Å². The van der Waals surface area contributed by atoms with Crippen molar-refractivity contribution in [1.29, 1.82) is 0 Å². The highest BCUT2D eigenvalue weighted by atomic mass is 32.2. The summed E-state index contributed by atoms with van der Waals surface area (Å²) in [5.74, 6) is -0.186. The van der Waals surface area contributed by atoms with Crippen LogP contribution in [0.15, 0.2) is 63.1 Å². The number of anilines is 1. The van der Waals surface area contributed by atoms with Crippen LogP contribution in [-0.2, 0) is 14.8 Å². The molecule has 0 aliphatic carbocycles. The number of sulfonamides is 1.